The van der Waals surface area contributed by atoms with Gasteiger partial charge in [0.2, 0.25) is 0 Å². The van der Waals surface area contributed by atoms with E-state index in [1.165, 1.54) is 54.4 Å². The smallest absolute Gasteiger partial charge is 0.0253 e. The Balaban J connectivity index is 0.000000238. The molecule has 0 nitrogen and oxygen atoms in total. The third-order valence-corrected chi connectivity index (χ3v) is 8.95. The van der Waals surface area contributed by atoms with Crippen molar-refractivity contribution < 1.29 is 49.0 Å². The summed E-state index contributed by atoms with van der Waals surface area (Å²) in [7, 11) is -0.981. The summed E-state index contributed by atoms with van der Waals surface area (Å²) in [4.78, 5) is 0. The summed E-state index contributed by atoms with van der Waals surface area (Å²) in [6, 6.07) is 18.1. The summed E-state index contributed by atoms with van der Waals surface area (Å²) in [5, 5.41) is 1.56. The van der Waals surface area contributed by atoms with E-state index in [-0.39, 0.29) is 24.8 Å². The van der Waals surface area contributed by atoms with E-state index in [9.17, 15) is 0 Å². The predicted molar refractivity (Wildman–Crippen MR) is 125 cm³/mol. The standard InChI is InChI=1S/C13H9.C8H13Si.C6H10.2ClH.Zr/c1-3-7-12-10(5-1)9-11-6-2-4-8-13(11)12;1-9(2,3)8-6-4-5-7-8;1-2-4-6-5-3-1;;;/h1-5,7-8H,9H2;6-7H,4H2,1-3H3;1-5H2;2*1H;/q2*-1;;;;+2/p-2. The average Bonchev–Trinajstić information content (AvgIpc) is 3.38. The molecule has 0 aliphatic heterocycles. The summed E-state index contributed by atoms with van der Waals surface area (Å²) in [5.74, 6) is 0. The molecule has 3 aliphatic rings. The van der Waals surface area contributed by atoms with E-state index in [1.807, 2.05) is 6.07 Å². The van der Waals surface area contributed by atoms with Gasteiger partial charge >= 0.3 is 59.5 Å². The van der Waals surface area contributed by atoms with Gasteiger partial charge in [0.25, 0.3) is 0 Å². The second-order valence-corrected chi connectivity index (χ2v) is 15.8. The quantitative estimate of drug-likeness (QED) is 0.319. The first-order chi connectivity index (χ1) is 13.9. The van der Waals surface area contributed by atoms with Crippen LogP contribution >= 0.6 is 0 Å². The van der Waals surface area contributed by atoms with Gasteiger partial charge in [-0.05, 0) is 14.5 Å². The zero-order valence-electron chi connectivity index (χ0n) is 18.9. The zero-order valence-corrected chi connectivity index (χ0v) is 23.9. The van der Waals surface area contributed by atoms with Crippen LogP contribution in [0.1, 0.15) is 49.7 Å². The van der Waals surface area contributed by atoms with Crippen molar-refractivity contribution in [2.24, 2.45) is 0 Å². The molecule has 2 aromatic carbocycles. The van der Waals surface area contributed by atoms with Gasteiger partial charge in [-0.2, -0.15) is 35.9 Å². The van der Waals surface area contributed by atoms with Crippen molar-refractivity contribution in [2.45, 2.75) is 64.6 Å². The van der Waals surface area contributed by atoms with Gasteiger partial charge in [0.05, 0.1) is 0 Å². The van der Waals surface area contributed by atoms with Crippen molar-refractivity contribution in [2.75, 3.05) is 0 Å². The molecule has 0 heterocycles. The number of benzene rings is 2. The van der Waals surface area contributed by atoms with Crippen molar-refractivity contribution in [3.05, 3.63) is 83.1 Å². The number of fused-ring (bicyclic) bond motifs is 3. The topological polar surface area (TPSA) is 0 Å². The van der Waals surface area contributed by atoms with Crippen LogP contribution in [0, 0.1) is 12.1 Å². The Bertz CT molecular complexity index is 858. The summed E-state index contributed by atoms with van der Waals surface area (Å²) in [6.07, 6.45) is 17.1. The molecule has 0 aromatic heterocycles. The molecule has 1 saturated carbocycles. The second-order valence-electron chi connectivity index (χ2n) is 9.02. The Hall–Kier alpha value is -0.530. The minimum Gasteiger partial charge on any atom is -0.179 e. The van der Waals surface area contributed by atoms with Crippen LogP contribution in [0.4, 0.5) is 0 Å². The van der Waals surface area contributed by atoms with Crippen LogP contribution in [0.3, 0.4) is 0 Å². The summed E-state index contributed by atoms with van der Waals surface area (Å²) in [6.45, 7) is 7.09. The first-order valence-electron chi connectivity index (χ1n) is 10.9. The van der Waals surface area contributed by atoms with Crippen LogP contribution in [-0.4, -0.2) is 11.3 Å². The fourth-order valence-corrected chi connectivity index (χ4v) is 6.01. The Morgan fingerprint density at radius 2 is 1.55 bits per heavy atom. The Morgan fingerprint density at radius 3 is 2.10 bits per heavy atom. The van der Waals surface area contributed by atoms with Gasteiger partial charge < -0.3 is 24.8 Å². The molecular weight excluding hydrogens is 515 g/mol. The summed E-state index contributed by atoms with van der Waals surface area (Å²) >= 11 is 1.69. The number of hydrogen-bond acceptors (Lipinski definition) is 0. The molecule has 0 amide bonds. The van der Waals surface area contributed by atoms with Crippen LogP contribution in [0.2, 0.25) is 19.6 Å². The van der Waals surface area contributed by atoms with E-state index in [0.717, 1.165) is 12.8 Å². The van der Waals surface area contributed by atoms with Crippen LogP contribution < -0.4 is 24.8 Å². The molecule has 0 spiro atoms. The number of halogens is 2. The molecule has 3 aliphatic carbocycles. The normalized spacial score (nSPS) is 15.6. The monoisotopic (exact) mass is 544 g/mol. The predicted octanol–water partition coefficient (Wildman–Crippen LogP) is 1.29. The van der Waals surface area contributed by atoms with Crippen molar-refractivity contribution >= 4 is 11.3 Å². The Morgan fingerprint density at radius 1 is 0.871 bits per heavy atom. The maximum absolute atomic E-state index is 3.30. The van der Waals surface area contributed by atoms with Gasteiger partial charge in [0.15, 0.2) is 0 Å². The van der Waals surface area contributed by atoms with Gasteiger partial charge in [-0.1, -0.05) is 55.0 Å². The molecule has 0 atom stereocenters. The molecule has 0 unspecified atom stereocenters. The molecule has 0 saturated heterocycles. The SMILES string of the molecule is C[Si](C)(C)C1=CC[C-]=C1.[Cl-].[Cl-].[Zr+2]=[C]1CCCCC1.[c-]1cccc2c1Cc1ccccc1-2. The van der Waals surface area contributed by atoms with Crippen molar-refractivity contribution in [1.29, 1.82) is 0 Å². The molecular formula is C27H32Cl2SiZr-2. The van der Waals surface area contributed by atoms with Crippen LogP contribution in [0.15, 0.2) is 59.8 Å². The number of allylic oxidation sites excluding steroid dienone is 4. The third-order valence-electron chi connectivity index (χ3n) is 5.64. The Labute approximate surface area is 217 Å². The fourth-order valence-electron chi connectivity index (χ4n) is 3.90. The second kappa shape index (κ2) is 13.9. The maximum atomic E-state index is 3.30. The summed E-state index contributed by atoms with van der Waals surface area (Å²) < 4.78 is 1.80. The molecule has 2 aromatic rings. The van der Waals surface area contributed by atoms with E-state index in [1.54, 1.807) is 32.6 Å². The molecule has 1 fully saturated rings. The molecule has 0 bridgehead atoms. The first-order valence-corrected chi connectivity index (χ1v) is 15.6. The molecule has 5 rings (SSSR count). The molecule has 0 N–H and O–H groups in total. The minimum atomic E-state index is -0.981. The summed E-state index contributed by atoms with van der Waals surface area (Å²) in [5.41, 5.74) is 5.51. The van der Waals surface area contributed by atoms with Gasteiger partial charge in [0, 0.05) is 0 Å². The Kier molecular flexibility index (Phi) is 12.8. The number of hydrogen-bond donors (Lipinski definition) is 0. The minimum absolute atomic E-state index is 0. The van der Waals surface area contributed by atoms with E-state index in [2.05, 4.69) is 80.3 Å². The molecule has 164 valence electrons. The number of rotatable bonds is 1. The molecule has 0 radical (unpaired) electrons. The maximum Gasteiger partial charge on any atom is -0.0253 e. The van der Waals surface area contributed by atoms with E-state index < -0.39 is 8.07 Å². The van der Waals surface area contributed by atoms with Crippen LogP contribution in [0.25, 0.3) is 11.1 Å². The zero-order chi connectivity index (χ0) is 20.7. The average molecular weight is 547 g/mol. The van der Waals surface area contributed by atoms with Gasteiger partial charge in [-0.3, -0.25) is 6.08 Å². The molecule has 31 heavy (non-hydrogen) atoms. The molecule has 4 heteroatoms. The first kappa shape index (κ1) is 28.5. The van der Waals surface area contributed by atoms with E-state index in [0.29, 0.717) is 0 Å². The van der Waals surface area contributed by atoms with Crippen molar-refractivity contribution in [1.82, 2.24) is 0 Å². The third kappa shape index (κ3) is 8.73. The van der Waals surface area contributed by atoms with E-state index in [4.69, 9.17) is 0 Å². The fraction of sp³-hybridized carbons (Fsp3) is 0.370. The van der Waals surface area contributed by atoms with Gasteiger partial charge in [0.1, 0.15) is 0 Å². The van der Waals surface area contributed by atoms with E-state index >= 15 is 0 Å². The van der Waals surface area contributed by atoms with Gasteiger partial charge in [-0.25, -0.2) is 11.3 Å². The van der Waals surface area contributed by atoms with Gasteiger partial charge in [-0.15, -0.1) is 12.0 Å². The largest absolute Gasteiger partial charge is 0.179 e. The van der Waals surface area contributed by atoms with Crippen LogP contribution in [-0.2, 0) is 30.7 Å². The van der Waals surface area contributed by atoms with Crippen molar-refractivity contribution in [3.63, 3.8) is 0 Å². The van der Waals surface area contributed by atoms with Crippen molar-refractivity contribution in [3.8, 4) is 11.1 Å². The van der Waals surface area contributed by atoms with Crippen LogP contribution in [0.5, 0.6) is 0 Å².